The van der Waals surface area contributed by atoms with Gasteiger partial charge in [-0.15, -0.1) is 0 Å². The number of ether oxygens (including phenoxy) is 1. The van der Waals surface area contributed by atoms with Gasteiger partial charge in [-0.1, -0.05) is 29.8 Å². The lowest BCUT2D eigenvalue weighted by Crippen LogP contribution is -2.45. The third-order valence-corrected chi connectivity index (χ3v) is 4.09. The van der Waals surface area contributed by atoms with Crippen LogP contribution in [0.3, 0.4) is 0 Å². The molecule has 118 valence electrons. The normalized spacial score (nSPS) is 18.8. The van der Waals surface area contributed by atoms with Gasteiger partial charge in [-0.2, -0.15) is 0 Å². The lowest BCUT2D eigenvalue weighted by atomic mass is 10.0. The number of hydrogen-bond acceptors (Lipinski definition) is 4. The first kappa shape index (κ1) is 16.4. The van der Waals surface area contributed by atoms with Crippen molar-refractivity contribution in [3.8, 4) is 0 Å². The van der Waals surface area contributed by atoms with Crippen LogP contribution in [0.5, 0.6) is 0 Å². The van der Waals surface area contributed by atoms with Crippen molar-refractivity contribution in [2.75, 3.05) is 33.4 Å². The van der Waals surface area contributed by atoms with Gasteiger partial charge in [0.2, 0.25) is 0 Å². The van der Waals surface area contributed by atoms with E-state index in [0.717, 1.165) is 39.0 Å². The second-order valence-electron chi connectivity index (χ2n) is 6.05. The van der Waals surface area contributed by atoms with Gasteiger partial charge in [0.05, 0.1) is 12.7 Å². The Morgan fingerprint density at radius 3 is 2.81 bits per heavy atom. The lowest BCUT2D eigenvalue weighted by Gasteiger charge is -2.33. The Kier molecular flexibility index (Phi) is 6.64. The van der Waals surface area contributed by atoms with E-state index < -0.39 is 0 Å². The second kappa shape index (κ2) is 8.49. The fraction of sp³-hybridized carbons (Fsp3) is 0.647. The maximum Gasteiger partial charge on any atom is 0.0900 e. The molecule has 1 saturated heterocycles. The molecule has 1 aliphatic heterocycles. The molecule has 1 atom stereocenters. The first-order chi connectivity index (χ1) is 10.2. The van der Waals surface area contributed by atoms with Crippen LogP contribution in [-0.4, -0.2) is 55.5 Å². The molecule has 1 fully saturated rings. The van der Waals surface area contributed by atoms with Crippen molar-refractivity contribution in [1.29, 1.82) is 0 Å². The second-order valence-corrected chi connectivity index (χ2v) is 6.05. The van der Waals surface area contributed by atoms with E-state index in [-0.39, 0.29) is 6.10 Å². The minimum Gasteiger partial charge on any atom is -0.389 e. The van der Waals surface area contributed by atoms with Crippen molar-refractivity contribution >= 4 is 0 Å². The van der Waals surface area contributed by atoms with Crippen LogP contribution in [0.2, 0.25) is 0 Å². The third-order valence-electron chi connectivity index (χ3n) is 4.09. The van der Waals surface area contributed by atoms with Gasteiger partial charge in [0.25, 0.3) is 0 Å². The first-order valence-corrected chi connectivity index (χ1v) is 7.85. The van der Waals surface area contributed by atoms with Gasteiger partial charge in [-0.05, 0) is 38.4 Å². The summed E-state index contributed by atoms with van der Waals surface area (Å²) in [4.78, 5) is 2.33. The minimum absolute atomic E-state index is 0.369. The minimum atomic E-state index is -0.369. The van der Waals surface area contributed by atoms with Crippen molar-refractivity contribution in [3.63, 3.8) is 0 Å². The highest BCUT2D eigenvalue weighted by Gasteiger charge is 2.20. The van der Waals surface area contributed by atoms with Crippen molar-refractivity contribution in [1.82, 2.24) is 10.2 Å². The number of piperidine rings is 1. The summed E-state index contributed by atoms with van der Waals surface area (Å²) in [6, 6.07) is 9.25. The fourth-order valence-electron chi connectivity index (χ4n) is 2.95. The Morgan fingerprint density at radius 1 is 1.38 bits per heavy atom. The molecule has 1 heterocycles. The molecule has 1 aliphatic rings. The molecule has 0 aliphatic carbocycles. The van der Waals surface area contributed by atoms with E-state index in [9.17, 15) is 5.11 Å². The van der Waals surface area contributed by atoms with E-state index in [0.29, 0.717) is 12.6 Å². The monoisotopic (exact) mass is 292 g/mol. The van der Waals surface area contributed by atoms with Crippen LogP contribution in [0, 0.1) is 6.92 Å². The molecule has 0 amide bonds. The van der Waals surface area contributed by atoms with Gasteiger partial charge in [0.15, 0.2) is 0 Å². The van der Waals surface area contributed by atoms with E-state index in [1.54, 1.807) is 7.11 Å². The van der Waals surface area contributed by atoms with E-state index in [2.05, 4.69) is 41.4 Å². The average Bonchev–Trinajstić information content (AvgIpc) is 2.47. The number of likely N-dealkylation sites (tertiary alicyclic amines) is 1. The van der Waals surface area contributed by atoms with Crippen LogP contribution in [0.25, 0.3) is 0 Å². The summed E-state index contributed by atoms with van der Waals surface area (Å²) >= 11 is 0. The van der Waals surface area contributed by atoms with E-state index in [1.165, 1.54) is 11.1 Å². The molecular formula is C17H28N2O2. The molecule has 2 N–H and O–H groups in total. The Labute approximate surface area is 128 Å². The molecule has 0 aromatic heterocycles. The summed E-state index contributed by atoms with van der Waals surface area (Å²) in [6.07, 6.45) is 1.92. The van der Waals surface area contributed by atoms with Gasteiger partial charge in [0, 0.05) is 26.2 Å². The zero-order valence-corrected chi connectivity index (χ0v) is 13.2. The maximum absolute atomic E-state index is 9.76. The first-order valence-electron chi connectivity index (χ1n) is 7.85. The van der Waals surface area contributed by atoms with Gasteiger partial charge in [0.1, 0.15) is 0 Å². The van der Waals surface area contributed by atoms with Crippen molar-refractivity contribution in [3.05, 3.63) is 35.4 Å². The molecule has 1 aromatic rings. The van der Waals surface area contributed by atoms with Gasteiger partial charge in [-0.3, -0.25) is 0 Å². The zero-order chi connectivity index (χ0) is 15.1. The zero-order valence-electron chi connectivity index (χ0n) is 13.2. The van der Waals surface area contributed by atoms with Crippen molar-refractivity contribution < 1.29 is 9.84 Å². The number of aryl methyl sites for hydroxylation is 1. The van der Waals surface area contributed by atoms with Crippen LogP contribution in [0.15, 0.2) is 24.3 Å². The predicted octanol–water partition coefficient (Wildman–Crippen LogP) is 1.56. The highest BCUT2D eigenvalue weighted by Crippen LogP contribution is 2.12. The SMILES string of the molecule is COC[C@H](O)CN1CCC(NCc2cccc(C)c2)CC1. The van der Waals surface area contributed by atoms with Gasteiger partial charge in [-0.25, -0.2) is 0 Å². The van der Waals surface area contributed by atoms with E-state index >= 15 is 0 Å². The smallest absolute Gasteiger partial charge is 0.0900 e. The Hall–Kier alpha value is -0.940. The van der Waals surface area contributed by atoms with Crippen molar-refractivity contribution in [2.45, 2.75) is 38.5 Å². The third kappa shape index (κ3) is 5.75. The highest BCUT2D eigenvalue weighted by atomic mass is 16.5. The Morgan fingerprint density at radius 2 is 2.14 bits per heavy atom. The topological polar surface area (TPSA) is 44.7 Å². The van der Waals surface area contributed by atoms with E-state index in [4.69, 9.17) is 4.74 Å². The molecule has 4 nitrogen and oxygen atoms in total. The highest BCUT2D eigenvalue weighted by molar-refractivity contribution is 5.22. The number of rotatable bonds is 7. The molecule has 0 saturated carbocycles. The summed E-state index contributed by atoms with van der Waals surface area (Å²) in [5.74, 6) is 0. The number of aliphatic hydroxyl groups is 1. The number of aliphatic hydroxyl groups excluding tert-OH is 1. The lowest BCUT2D eigenvalue weighted by molar-refractivity contribution is 0.0310. The van der Waals surface area contributed by atoms with Gasteiger partial charge < -0.3 is 20.1 Å². The number of β-amino-alcohol motifs (C(OH)–C–C–N with tert-alkyl or cyclic N) is 1. The predicted molar refractivity (Wildman–Crippen MR) is 85.4 cm³/mol. The molecular weight excluding hydrogens is 264 g/mol. The molecule has 4 heteroatoms. The molecule has 1 aromatic carbocycles. The number of nitrogens with one attached hydrogen (secondary N) is 1. The van der Waals surface area contributed by atoms with E-state index in [1.807, 2.05) is 0 Å². The summed E-state index contributed by atoms with van der Waals surface area (Å²) in [5, 5.41) is 13.4. The fourth-order valence-corrected chi connectivity index (χ4v) is 2.95. The molecule has 21 heavy (non-hydrogen) atoms. The Balaban J connectivity index is 1.67. The number of hydrogen-bond donors (Lipinski definition) is 2. The number of nitrogens with zero attached hydrogens (tertiary/aromatic N) is 1. The summed E-state index contributed by atoms with van der Waals surface area (Å²) in [7, 11) is 1.63. The number of methoxy groups -OCH3 is 1. The van der Waals surface area contributed by atoms with Crippen LogP contribution in [0.1, 0.15) is 24.0 Å². The molecule has 2 rings (SSSR count). The summed E-state index contributed by atoms with van der Waals surface area (Å²) in [6.45, 7) is 6.31. The standard InChI is InChI=1S/C17H28N2O2/c1-14-4-3-5-15(10-14)11-18-16-6-8-19(9-7-16)12-17(20)13-21-2/h3-5,10,16-18,20H,6-9,11-13H2,1-2H3/t17-/m1/s1. The summed E-state index contributed by atoms with van der Waals surface area (Å²) in [5.41, 5.74) is 2.67. The van der Waals surface area contributed by atoms with Crippen LogP contribution in [0.4, 0.5) is 0 Å². The van der Waals surface area contributed by atoms with Crippen LogP contribution < -0.4 is 5.32 Å². The molecule has 0 unspecified atom stereocenters. The quantitative estimate of drug-likeness (QED) is 0.800. The van der Waals surface area contributed by atoms with Crippen molar-refractivity contribution in [2.24, 2.45) is 0 Å². The summed E-state index contributed by atoms with van der Waals surface area (Å²) < 4.78 is 4.97. The Bertz CT molecular complexity index is 417. The van der Waals surface area contributed by atoms with Crippen LogP contribution >= 0.6 is 0 Å². The molecule has 0 radical (unpaired) electrons. The number of benzene rings is 1. The van der Waals surface area contributed by atoms with Crippen LogP contribution in [-0.2, 0) is 11.3 Å². The largest absolute Gasteiger partial charge is 0.389 e. The molecule has 0 bridgehead atoms. The molecule has 0 spiro atoms. The maximum atomic E-state index is 9.76. The average molecular weight is 292 g/mol. The van der Waals surface area contributed by atoms with Gasteiger partial charge >= 0.3 is 0 Å².